The van der Waals surface area contributed by atoms with Gasteiger partial charge in [-0.1, -0.05) is 77.9 Å². The fourth-order valence-corrected chi connectivity index (χ4v) is 5.38. The standard InChI is InChI=1S/C28H35NO/c1-20-6-4-8-21(14-20)7-2-3-11-26-27-17-23(16-25(27)18-28(26)30)13-12-22-9-5-10-24(15-22)19-29/h3-6,8-11,14-16,25-28,30H,2,7,12-13,17-19,29H2,1H3/b11-3+/t25-,26+,27-,28+/m0/s1. The number of aryl methyl sites for hydroxylation is 3. The molecule has 2 nitrogen and oxygen atoms in total. The average Bonchev–Trinajstić information content (AvgIpc) is 3.26. The van der Waals surface area contributed by atoms with Gasteiger partial charge in [0.15, 0.2) is 0 Å². The zero-order valence-corrected chi connectivity index (χ0v) is 18.1. The first-order valence-electron chi connectivity index (χ1n) is 11.5. The molecule has 2 heteroatoms. The lowest BCUT2D eigenvalue weighted by molar-refractivity contribution is 0.141. The third-order valence-electron chi connectivity index (χ3n) is 6.95. The van der Waals surface area contributed by atoms with E-state index in [4.69, 9.17) is 5.73 Å². The monoisotopic (exact) mass is 401 g/mol. The quantitative estimate of drug-likeness (QED) is 0.572. The Kier molecular flexibility index (Phi) is 6.86. The van der Waals surface area contributed by atoms with E-state index in [1.165, 1.54) is 22.3 Å². The van der Waals surface area contributed by atoms with E-state index in [2.05, 4.69) is 73.7 Å². The van der Waals surface area contributed by atoms with E-state index in [0.29, 0.717) is 24.3 Å². The molecule has 3 N–H and O–H groups in total. The van der Waals surface area contributed by atoms with Crippen molar-refractivity contribution in [2.45, 2.75) is 58.1 Å². The molecule has 0 aliphatic heterocycles. The van der Waals surface area contributed by atoms with Gasteiger partial charge in [-0.25, -0.2) is 0 Å². The highest BCUT2D eigenvalue weighted by atomic mass is 16.3. The molecule has 30 heavy (non-hydrogen) atoms. The number of aliphatic hydroxyl groups excluding tert-OH is 1. The van der Waals surface area contributed by atoms with Crippen molar-refractivity contribution in [1.82, 2.24) is 0 Å². The summed E-state index contributed by atoms with van der Waals surface area (Å²) in [5.74, 6) is 1.44. The molecule has 0 bridgehead atoms. The molecule has 0 unspecified atom stereocenters. The molecule has 0 amide bonds. The molecule has 2 aliphatic rings. The second kappa shape index (κ2) is 9.76. The highest BCUT2D eigenvalue weighted by Crippen LogP contribution is 2.48. The van der Waals surface area contributed by atoms with E-state index in [9.17, 15) is 5.11 Å². The smallest absolute Gasteiger partial charge is 0.0611 e. The van der Waals surface area contributed by atoms with Gasteiger partial charge in [0.2, 0.25) is 0 Å². The Hall–Kier alpha value is -2.16. The number of hydrogen-bond acceptors (Lipinski definition) is 2. The molecule has 1 fully saturated rings. The van der Waals surface area contributed by atoms with Crippen molar-refractivity contribution in [3.63, 3.8) is 0 Å². The van der Waals surface area contributed by atoms with Gasteiger partial charge in [-0.05, 0) is 74.0 Å². The van der Waals surface area contributed by atoms with Gasteiger partial charge in [0.1, 0.15) is 0 Å². The number of aliphatic hydroxyl groups is 1. The van der Waals surface area contributed by atoms with Crippen LogP contribution in [0.2, 0.25) is 0 Å². The number of rotatable bonds is 8. The van der Waals surface area contributed by atoms with Gasteiger partial charge >= 0.3 is 0 Å². The summed E-state index contributed by atoms with van der Waals surface area (Å²) < 4.78 is 0. The summed E-state index contributed by atoms with van der Waals surface area (Å²) in [6.07, 6.45) is 13.3. The normalized spacial score (nSPS) is 25.6. The van der Waals surface area contributed by atoms with Crippen LogP contribution >= 0.6 is 0 Å². The topological polar surface area (TPSA) is 46.2 Å². The molecule has 0 aromatic heterocycles. The summed E-state index contributed by atoms with van der Waals surface area (Å²) in [4.78, 5) is 0. The lowest BCUT2D eigenvalue weighted by Gasteiger charge is -2.18. The fraction of sp³-hybridized carbons (Fsp3) is 0.429. The minimum atomic E-state index is -0.186. The van der Waals surface area contributed by atoms with Gasteiger partial charge in [0, 0.05) is 12.5 Å². The first-order chi connectivity index (χ1) is 14.6. The van der Waals surface area contributed by atoms with E-state index >= 15 is 0 Å². The van der Waals surface area contributed by atoms with E-state index < -0.39 is 0 Å². The second-order valence-electron chi connectivity index (χ2n) is 9.22. The molecule has 4 rings (SSSR count). The first kappa shape index (κ1) is 21.1. The van der Waals surface area contributed by atoms with Crippen LogP contribution in [-0.4, -0.2) is 11.2 Å². The van der Waals surface area contributed by atoms with E-state index in [1.807, 2.05) is 0 Å². The second-order valence-corrected chi connectivity index (χ2v) is 9.22. The van der Waals surface area contributed by atoms with Crippen LogP contribution in [0.1, 0.15) is 47.9 Å². The number of benzene rings is 2. The highest BCUT2D eigenvalue weighted by molar-refractivity contribution is 5.26. The van der Waals surface area contributed by atoms with Crippen LogP contribution in [0, 0.1) is 24.7 Å². The van der Waals surface area contributed by atoms with Crippen LogP contribution in [0.4, 0.5) is 0 Å². The summed E-state index contributed by atoms with van der Waals surface area (Å²) >= 11 is 0. The molecular weight excluding hydrogens is 366 g/mol. The number of hydrogen-bond donors (Lipinski definition) is 2. The van der Waals surface area contributed by atoms with Crippen molar-refractivity contribution in [2.75, 3.05) is 0 Å². The third-order valence-corrected chi connectivity index (χ3v) is 6.95. The minimum Gasteiger partial charge on any atom is -0.392 e. The maximum Gasteiger partial charge on any atom is 0.0611 e. The van der Waals surface area contributed by atoms with Gasteiger partial charge in [0.25, 0.3) is 0 Å². The Balaban J connectivity index is 1.29. The van der Waals surface area contributed by atoms with Crippen LogP contribution in [0.25, 0.3) is 0 Å². The first-order valence-corrected chi connectivity index (χ1v) is 11.5. The lowest BCUT2D eigenvalue weighted by Crippen LogP contribution is -2.17. The minimum absolute atomic E-state index is 0.186. The van der Waals surface area contributed by atoms with Gasteiger partial charge in [-0.3, -0.25) is 0 Å². The van der Waals surface area contributed by atoms with E-state index in [0.717, 1.165) is 38.5 Å². The highest BCUT2D eigenvalue weighted by Gasteiger charge is 2.43. The van der Waals surface area contributed by atoms with Crippen molar-refractivity contribution in [3.8, 4) is 0 Å². The van der Waals surface area contributed by atoms with Gasteiger partial charge in [0.05, 0.1) is 6.10 Å². The summed E-state index contributed by atoms with van der Waals surface area (Å²) in [6, 6.07) is 17.4. The molecule has 0 saturated heterocycles. The maximum atomic E-state index is 10.6. The molecule has 1 saturated carbocycles. The predicted molar refractivity (Wildman–Crippen MR) is 125 cm³/mol. The summed E-state index contributed by atoms with van der Waals surface area (Å²) in [6.45, 7) is 2.75. The Labute approximate surface area is 181 Å². The zero-order valence-electron chi connectivity index (χ0n) is 18.1. The summed E-state index contributed by atoms with van der Waals surface area (Å²) in [5.41, 5.74) is 12.7. The molecule has 0 radical (unpaired) electrons. The van der Waals surface area contributed by atoms with Crippen LogP contribution < -0.4 is 5.73 Å². The molecule has 158 valence electrons. The van der Waals surface area contributed by atoms with Crippen molar-refractivity contribution >= 4 is 0 Å². The van der Waals surface area contributed by atoms with Gasteiger partial charge < -0.3 is 10.8 Å². The molecule has 0 spiro atoms. The Morgan fingerprint density at radius 3 is 2.57 bits per heavy atom. The SMILES string of the molecule is Cc1cccc(CC/C=C/[C@@H]2[C@H]3CC(CCc4cccc(CN)c4)=C[C@H]3C[C@H]2O)c1. The third kappa shape index (κ3) is 5.11. The van der Waals surface area contributed by atoms with Gasteiger partial charge in [-0.2, -0.15) is 0 Å². The maximum absolute atomic E-state index is 10.6. The molecule has 0 heterocycles. The molecule has 2 aliphatic carbocycles. The van der Waals surface area contributed by atoms with Crippen LogP contribution in [-0.2, 0) is 19.4 Å². The van der Waals surface area contributed by atoms with Crippen molar-refractivity contribution in [2.24, 2.45) is 23.5 Å². The summed E-state index contributed by atoms with van der Waals surface area (Å²) in [7, 11) is 0. The van der Waals surface area contributed by atoms with E-state index in [1.54, 1.807) is 5.57 Å². The molecule has 4 atom stereocenters. The van der Waals surface area contributed by atoms with Crippen LogP contribution in [0.5, 0.6) is 0 Å². The Bertz CT molecular complexity index is 912. The zero-order chi connectivity index (χ0) is 20.9. The Morgan fingerprint density at radius 1 is 1.00 bits per heavy atom. The number of fused-ring (bicyclic) bond motifs is 1. The predicted octanol–water partition coefficient (Wildman–Crippen LogP) is 5.52. The molecule has 2 aromatic rings. The fourth-order valence-electron chi connectivity index (χ4n) is 5.38. The van der Waals surface area contributed by atoms with Crippen LogP contribution in [0.15, 0.2) is 72.3 Å². The van der Waals surface area contributed by atoms with Crippen molar-refractivity contribution in [1.29, 1.82) is 0 Å². The Morgan fingerprint density at radius 2 is 1.77 bits per heavy atom. The average molecular weight is 402 g/mol. The molecule has 2 aromatic carbocycles. The van der Waals surface area contributed by atoms with E-state index in [-0.39, 0.29) is 6.10 Å². The number of nitrogens with two attached hydrogens (primary N) is 1. The largest absolute Gasteiger partial charge is 0.392 e. The van der Waals surface area contributed by atoms with Crippen molar-refractivity contribution in [3.05, 3.63) is 94.6 Å². The van der Waals surface area contributed by atoms with Crippen LogP contribution in [0.3, 0.4) is 0 Å². The molecular formula is C28H35NO. The summed E-state index contributed by atoms with van der Waals surface area (Å²) in [5, 5.41) is 10.6. The number of allylic oxidation sites excluding steroid dienone is 3. The lowest BCUT2D eigenvalue weighted by atomic mass is 9.88. The van der Waals surface area contributed by atoms with Crippen molar-refractivity contribution < 1.29 is 5.11 Å². The van der Waals surface area contributed by atoms with Gasteiger partial charge in [-0.15, -0.1) is 0 Å².